The highest BCUT2D eigenvalue weighted by Crippen LogP contribution is 2.21. The molecule has 4 rings (SSSR count). The topological polar surface area (TPSA) is 99.8 Å². The lowest BCUT2D eigenvalue weighted by molar-refractivity contribution is -0.122. The van der Waals surface area contributed by atoms with E-state index in [1.807, 2.05) is 48.5 Å². The predicted octanol–water partition coefficient (Wildman–Crippen LogP) is 1.89. The molecule has 1 N–H and O–H groups in total. The molecule has 0 radical (unpaired) electrons. The normalized spacial score (nSPS) is 10.8. The molecule has 2 aromatic heterocycles. The second-order valence-electron chi connectivity index (χ2n) is 6.81. The minimum Gasteiger partial charge on any atom is -0.497 e. The first-order chi connectivity index (χ1) is 15.1. The van der Waals surface area contributed by atoms with Crippen LogP contribution in [0, 0.1) is 0 Å². The fraction of sp³-hybridized carbons (Fsp3) is 0.182. The molecule has 2 aromatic carbocycles. The van der Waals surface area contributed by atoms with Crippen LogP contribution >= 0.6 is 0 Å². The van der Waals surface area contributed by atoms with Crippen LogP contribution in [0.25, 0.3) is 16.8 Å². The van der Waals surface area contributed by atoms with Crippen LogP contribution in [-0.4, -0.2) is 39.5 Å². The van der Waals surface area contributed by atoms with Crippen molar-refractivity contribution in [2.75, 3.05) is 14.2 Å². The zero-order valence-electron chi connectivity index (χ0n) is 17.1. The van der Waals surface area contributed by atoms with Gasteiger partial charge in [0.1, 0.15) is 29.9 Å². The molecule has 0 saturated heterocycles. The second kappa shape index (κ2) is 8.70. The summed E-state index contributed by atoms with van der Waals surface area (Å²) < 4.78 is 12.9. The summed E-state index contributed by atoms with van der Waals surface area (Å²) in [7, 11) is 3.18. The van der Waals surface area contributed by atoms with Gasteiger partial charge in [-0.05, 0) is 48.0 Å². The number of nitrogens with zero attached hydrogens (tertiary/aromatic N) is 4. The lowest BCUT2D eigenvalue weighted by atomic mass is 10.1. The molecule has 0 atom stereocenters. The van der Waals surface area contributed by atoms with Gasteiger partial charge in [0.05, 0.1) is 19.9 Å². The van der Waals surface area contributed by atoms with Crippen LogP contribution in [0.1, 0.15) is 5.56 Å². The molecule has 0 fully saturated rings. The number of aromatic nitrogens is 4. The Labute approximate surface area is 177 Å². The van der Waals surface area contributed by atoms with Gasteiger partial charge in [-0.2, -0.15) is 10.2 Å². The van der Waals surface area contributed by atoms with Gasteiger partial charge in [-0.25, -0.2) is 9.20 Å². The van der Waals surface area contributed by atoms with E-state index in [0.717, 1.165) is 21.6 Å². The van der Waals surface area contributed by atoms with Crippen LogP contribution in [0.2, 0.25) is 0 Å². The predicted molar refractivity (Wildman–Crippen MR) is 114 cm³/mol. The number of hydrogen-bond acceptors (Lipinski definition) is 6. The van der Waals surface area contributed by atoms with Gasteiger partial charge >= 0.3 is 0 Å². The number of benzene rings is 2. The van der Waals surface area contributed by atoms with E-state index in [0.29, 0.717) is 23.5 Å². The molecule has 31 heavy (non-hydrogen) atoms. The van der Waals surface area contributed by atoms with Crippen molar-refractivity contribution >= 4 is 11.4 Å². The van der Waals surface area contributed by atoms with E-state index in [9.17, 15) is 9.59 Å². The molecule has 9 heteroatoms. The average Bonchev–Trinajstić information content (AvgIpc) is 3.25. The lowest BCUT2D eigenvalue weighted by Gasteiger charge is -2.08. The van der Waals surface area contributed by atoms with E-state index in [4.69, 9.17) is 9.47 Å². The Morgan fingerprint density at radius 3 is 2.55 bits per heavy atom. The summed E-state index contributed by atoms with van der Waals surface area (Å²) in [6.07, 6.45) is 1.42. The molecule has 2 heterocycles. The van der Waals surface area contributed by atoms with Crippen molar-refractivity contribution in [1.82, 2.24) is 24.7 Å². The van der Waals surface area contributed by atoms with Gasteiger partial charge in [-0.15, -0.1) is 0 Å². The van der Waals surface area contributed by atoms with Crippen molar-refractivity contribution < 1.29 is 14.3 Å². The van der Waals surface area contributed by atoms with Crippen LogP contribution in [-0.2, 0) is 17.9 Å². The van der Waals surface area contributed by atoms with Crippen molar-refractivity contribution in [2.45, 2.75) is 13.1 Å². The summed E-state index contributed by atoms with van der Waals surface area (Å²) in [6.45, 7) is 0.129. The average molecular weight is 419 g/mol. The van der Waals surface area contributed by atoms with E-state index in [2.05, 4.69) is 15.5 Å². The van der Waals surface area contributed by atoms with Gasteiger partial charge in [0.2, 0.25) is 5.91 Å². The third-order valence-corrected chi connectivity index (χ3v) is 4.79. The minimum atomic E-state index is -0.397. The summed E-state index contributed by atoms with van der Waals surface area (Å²) in [5, 5.41) is 11.3. The van der Waals surface area contributed by atoms with Crippen LogP contribution in [0.4, 0.5) is 0 Å². The zero-order chi connectivity index (χ0) is 21.8. The Bertz CT molecular complexity index is 1280. The van der Waals surface area contributed by atoms with Gasteiger partial charge in [0.15, 0.2) is 0 Å². The minimum absolute atomic E-state index is 0.192. The highest BCUT2D eigenvalue weighted by molar-refractivity contribution is 5.75. The van der Waals surface area contributed by atoms with Crippen LogP contribution in [0.15, 0.2) is 65.7 Å². The monoisotopic (exact) mass is 419 g/mol. The number of carbonyl (C=O) groups excluding carboxylic acids is 1. The van der Waals surface area contributed by atoms with Gasteiger partial charge < -0.3 is 14.8 Å². The molecule has 9 nitrogen and oxygen atoms in total. The quantitative estimate of drug-likeness (QED) is 0.491. The van der Waals surface area contributed by atoms with Crippen molar-refractivity contribution in [2.24, 2.45) is 0 Å². The Hall–Kier alpha value is -4.14. The molecule has 1 amide bonds. The first kappa shape index (κ1) is 20.1. The zero-order valence-corrected chi connectivity index (χ0v) is 17.1. The maximum absolute atomic E-state index is 12.8. The van der Waals surface area contributed by atoms with Crippen molar-refractivity contribution in [3.8, 4) is 22.8 Å². The SMILES string of the molecule is COc1ccc(-c2cc3c(=O)n(CC(=O)NCc4cccc(OC)c4)ncn3n2)cc1. The highest BCUT2D eigenvalue weighted by Gasteiger charge is 2.12. The standard InChI is InChI=1S/C22H21N5O4/c1-30-17-8-6-16(7-9-17)19-11-20-22(29)26(24-14-27(20)25-19)13-21(28)23-12-15-4-3-5-18(10-15)31-2/h3-11,14H,12-13H2,1-2H3,(H,23,28). The van der Waals surface area contributed by atoms with Gasteiger partial charge in [-0.1, -0.05) is 12.1 Å². The summed E-state index contributed by atoms with van der Waals surface area (Å²) in [5.41, 5.74) is 2.30. The highest BCUT2D eigenvalue weighted by atomic mass is 16.5. The number of amides is 1. The van der Waals surface area contributed by atoms with E-state index in [1.165, 1.54) is 10.8 Å². The third kappa shape index (κ3) is 4.40. The Balaban J connectivity index is 1.49. The number of rotatable bonds is 7. The number of carbonyl (C=O) groups is 1. The molecule has 158 valence electrons. The molecule has 0 spiro atoms. The number of fused-ring (bicyclic) bond motifs is 1. The molecule has 0 aliphatic heterocycles. The lowest BCUT2D eigenvalue weighted by Crippen LogP contribution is -2.34. The smallest absolute Gasteiger partial charge is 0.293 e. The van der Waals surface area contributed by atoms with Gasteiger partial charge in [0.25, 0.3) is 5.56 Å². The molecule has 0 saturated carbocycles. The van der Waals surface area contributed by atoms with Crippen molar-refractivity contribution in [1.29, 1.82) is 0 Å². The van der Waals surface area contributed by atoms with E-state index in [-0.39, 0.29) is 12.5 Å². The maximum atomic E-state index is 12.8. The first-order valence-electron chi connectivity index (χ1n) is 9.57. The first-order valence-corrected chi connectivity index (χ1v) is 9.57. The van der Waals surface area contributed by atoms with Crippen molar-refractivity contribution in [3.05, 3.63) is 76.8 Å². The summed E-state index contributed by atoms with van der Waals surface area (Å²) in [6, 6.07) is 16.4. The second-order valence-corrected chi connectivity index (χ2v) is 6.81. The Morgan fingerprint density at radius 2 is 1.81 bits per heavy atom. The number of hydrogen-bond donors (Lipinski definition) is 1. The largest absolute Gasteiger partial charge is 0.497 e. The van der Waals surface area contributed by atoms with Crippen LogP contribution < -0.4 is 20.3 Å². The van der Waals surface area contributed by atoms with Gasteiger partial charge in [0, 0.05) is 12.1 Å². The molecule has 0 unspecified atom stereocenters. The number of methoxy groups -OCH3 is 2. The molecule has 0 bridgehead atoms. The molecule has 4 aromatic rings. The van der Waals surface area contributed by atoms with E-state index >= 15 is 0 Å². The summed E-state index contributed by atoms with van der Waals surface area (Å²) >= 11 is 0. The summed E-state index contributed by atoms with van der Waals surface area (Å²) in [4.78, 5) is 25.1. The van der Waals surface area contributed by atoms with Crippen LogP contribution in [0.5, 0.6) is 11.5 Å². The Kier molecular flexibility index (Phi) is 5.65. The molecule has 0 aliphatic rings. The maximum Gasteiger partial charge on any atom is 0.293 e. The number of nitrogens with one attached hydrogen (secondary N) is 1. The van der Waals surface area contributed by atoms with E-state index in [1.54, 1.807) is 20.3 Å². The third-order valence-electron chi connectivity index (χ3n) is 4.79. The fourth-order valence-electron chi connectivity index (χ4n) is 3.13. The fourth-order valence-corrected chi connectivity index (χ4v) is 3.13. The van der Waals surface area contributed by atoms with Crippen LogP contribution in [0.3, 0.4) is 0 Å². The summed E-state index contributed by atoms with van der Waals surface area (Å²) in [5.74, 6) is 1.12. The van der Waals surface area contributed by atoms with Gasteiger partial charge in [-0.3, -0.25) is 9.59 Å². The molecular weight excluding hydrogens is 398 g/mol. The Morgan fingerprint density at radius 1 is 1.03 bits per heavy atom. The molecule has 0 aliphatic carbocycles. The molecular formula is C22H21N5O4. The number of ether oxygens (including phenoxy) is 2. The van der Waals surface area contributed by atoms with E-state index < -0.39 is 5.56 Å². The van der Waals surface area contributed by atoms with Crippen molar-refractivity contribution in [3.63, 3.8) is 0 Å².